The van der Waals surface area contributed by atoms with E-state index in [1.54, 1.807) is 0 Å². The summed E-state index contributed by atoms with van der Waals surface area (Å²) in [6.45, 7) is 4.14. The summed E-state index contributed by atoms with van der Waals surface area (Å²) in [4.78, 5) is 2.71. The predicted molar refractivity (Wildman–Crippen MR) is 69.2 cm³/mol. The van der Waals surface area contributed by atoms with Gasteiger partial charge in [-0.05, 0) is 18.6 Å². The third-order valence-corrected chi connectivity index (χ3v) is 4.35. The van der Waals surface area contributed by atoms with Crippen molar-refractivity contribution in [2.75, 3.05) is 13.1 Å². The Bertz CT molecular complexity index is 356. The molecule has 0 radical (unpaired) electrons. The Labute approximate surface area is 106 Å². The minimum Gasteiger partial charge on any atom is -0.389 e. The second kappa shape index (κ2) is 5.93. The highest BCUT2D eigenvalue weighted by Gasteiger charge is 2.32. The van der Waals surface area contributed by atoms with Gasteiger partial charge in [-0.25, -0.2) is 0 Å². The zero-order valence-corrected chi connectivity index (χ0v) is 10.8. The van der Waals surface area contributed by atoms with Crippen LogP contribution in [0.2, 0.25) is 0 Å². The van der Waals surface area contributed by atoms with Crippen LogP contribution in [-0.2, 0) is 13.0 Å². The molecule has 0 bridgehead atoms. The molecule has 5 heteroatoms. The number of rotatable bonds is 5. The number of nitrogens with one attached hydrogen (secondary N) is 2. The lowest BCUT2D eigenvalue weighted by atomic mass is 10.1. The number of hydrogen-bond acceptors (Lipinski definition) is 5. The largest absolute Gasteiger partial charge is 0.389 e. The maximum atomic E-state index is 9.65. The Balaban J connectivity index is 1.72. The van der Waals surface area contributed by atoms with Crippen molar-refractivity contribution in [1.82, 2.24) is 10.6 Å². The van der Waals surface area contributed by atoms with Gasteiger partial charge in [-0.2, -0.15) is 0 Å². The van der Waals surface area contributed by atoms with Crippen LogP contribution in [0.4, 0.5) is 0 Å². The van der Waals surface area contributed by atoms with E-state index in [9.17, 15) is 10.2 Å². The second-order valence-electron chi connectivity index (χ2n) is 4.43. The maximum absolute atomic E-state index is 9.65. The SMILES string of the molecule is CCc1ccc(CNC[C@H]2NC[C@H](O)[C@@H]2O)s1. The summed E-state index contributed by atoms with van der Waals surface area (Å²) in [5.74, 6) is 0. The van der Waals surface area contributed by atoms with Crippen molar-refractivity contribution in [2.24, 2.45) is 0 Å². The van der Waals surface area contributed by atoms with Crippen LogP contribution in [0.3, 0.4) is 0 Å². The first-order chi connectivity index (χ1) is 8.20. The molecule has 1 fully saturated rings. The minimum atomic E-state index is -0.656. The zero-order valence-electron chi connectivity index (χ0n) is 10.0. The van der Waals surface area contributed by atoms with Crippen LogP contribution in [0.5, 0.6) is 0 Å². The minimum absolute atomic E-state index is 0.0457. The first-order valence-electron chi connectivity index (χ1n) is 6.08. The number of aryl methyl sites for hydroxylation is 1. The summed E-state index contributed by atoms with van der Waals surface area (Å²) < 4.78 is 0. The molecule has 2 heterocycles. The lowest BCUT2D eigenvalue weighted by Gasteiger charge is -2.16. The molecule has 17 heavy (non-hydrogen) atoms. The van der Waals surface area contributed by atoms with Gasteiger partial charge < -0.3 is 20.8 Å². The highest BCUT2D eigenvalue weighted by molar-refractivity contribution is 7.11. The first-order valence-corrected chi connectivity index (χ1v) is 6.90. The fourth-order valence-electron chi connectivity index (χ4n) is 2.03. The molecule has 0 amide bonds. The molecular weight excluding hydrogens is 236 g/mol. The van der Waals surface area contributed by atoms with E-state index in [-0.39, 0.29) is 6.04 Å². The van der Waals surface area contributed by atoms with Crippen molar-refractivity contribution >= 4 is 11.3 Å². The molecule has 1 aliphatic heterocycles. The Morgan fingerprint density at radius 1 is 1.41 bits per heavy atom. The van der Waals surface area contributed by atoms with Gasteiger partial charge in [0, 0.05) is 35.4 Å². The monoisotopic (exact) mass is 256 g/mol. The molecule has 1 aromatic heterocycles. The van der Waals surface area contributed by atoms with E-state index in [2.05, 4.69) is 29.7 Å². The van der Waals surface area contributed by atoms with Gasteiger partial charge in [-0.15, -0.1) is 11.3 Å². The van der Waals surface area contributed by atoms with E-state index in [1.807, 2.05) is 11.3 Å². The van der Waals surface area contributed by atoms with E-state index in [0.717, 1.165) is 13.0 Å². The molecule has 1 aliphatic rings. The van der Waals surface area contributed by atoms with Gasteiger partial charge in [0.15, 0.2) is 0 Å². The summed E-state index contributed by atoms with van der Waals surface area (Å²) in [7, 11) is 0. The van der Waals surface area contributed by atoms with Crippen LogP contribution in [0.15, 0.2) is 12.1 Å². The van der Waals surface area contributed by atoms with E-state index in [4.69, 9.17) is 0 Å². The molecule has 1 saturated heterocycles. The lowest BCUT2D eigenvalue weighted by Crippen LogP contribution is -2.41. The second-order valence-corrected chi connectivity index (χ2v) is 5.68. The molecule has 2 rings (SSSR count). The van der Waals surface area contributed by atoms with Gasteiger partial charge in [0.25, 0.3) is 0 Å². The van der Waals surface area contributed by atoms with Crippen molar-refractivity contribution < 1.29 is 10.2 Å². The van der Waals surface area contributed by atoms with E-state index < -0.39 is 12.2 Å². The maximum Gasteiger partial charge on any atom is 0.0976 e. The molecule has 0 unspecified atom stereocenters. The van der Waals surface area contributed by atoms with Crippen molar-refractivity contribution in [1.29, 1.82) is 0 Å². The Kier molecular flexibility index (Phi) is 4.53. The van der Waals surface area contributed by atoms with Gasteiger partial charge >= 0.3 is 0 Å². The van der Waals surface area contributed by atoms with Gasteiger partial charge in [-0.3, -0.25) is 0 Å². The highest BCUT2D eigenvalue weighted by Crippen LogP contribution is 2.16. The molecule has 0 spiro atoms. The zero-order chi connectivity index (χ0) is 12.3. The highest BCUT2D eigenvalue weighted by atomic mass is 32.1. The van der Waals surface area contributed by atoms with Crippen LogP contribution in [0.25, 0.3) is 0 Å². The summed E-state index contributed by atoms with van der Waals surface area (Å²) >= 11 is 1.82. The van der Waals surface area contributed by atoms with Gasteiger partial charge in [-0.1, -0.05) is 6.92 Å². The van der Waals surface area contributed by atoms with Crippen LogP contribution >= 0.6 is 11.3 Å². The van der Waals surface area contributed by atoms with Crippen molar-refractivity contribution in [2.45, 2.75) is 38.1 Å². The predicted octanol–water partition coefficient (Wildman–Crippen LogP) is 0.0937. The summed E-state index contributed by atoms with van der Waals surface area (Å²) in [5, 5.41) is 25.4. The number of β-amino-alcohol motifs (C(OH)–C–C–N with tert-alkyl or cyclic N) is 1. The summed E-state index contributed by atoms with van der Waals surface area (Å²) in [5.41, 5.74) is 0. The van der Waals surface area contributed by atoms with Crippen LogP contribution < -0.4 is 10.6 Å². The summed E-state index contributed by atoms with van der Waals surface area (Å²) in [6.07, 6.45) is -0.202. The summed E-state index contributed by atoms with van der Waals surface area (Å²) in [6, 6.07) is 4.26. The van der Waals surface area contributed by atoms with E-state index in [0.29, 0.717) is 13.1 Å². The van der Waals surface area contributed by atoms with Gasteiger partial charge in [0.2, 0.25) is 0 Å². The lowest BCUT2D eigenvalue weighted by molar-refractivity contribution is 0.0407. The molecule has 96 valence electrons. The van der Waals surface area contributed by atoms with Crippen molar-refractivity contribution in [3.63, 3.8) is 0 Å². The van der Waals surface area contributed by atoms with Crippen molar-refractivity contribution in [3.8, 4) is 0 Å². The topological polar surface area (TPSA) is 64.5 Å². The number of thiophene rings is 1. The average Bonchev–Trinajstić information content (AvgIpc) is 2.90. The standard InChI is InChI=1S/C12H20N2O2S/c1-2-8-3-4-9(17-8)5-13-6-10-12(16)11(15)7-14-10/h3-4,10-16H,2,5-7H2,1H3/t10-,11+,12-/m1/s1. The number of hydrogen-bond donors (Lipinski definition) is 4. The Morgan fingerprint density at radius 3 is 2.76 bits per heavy atom. The van der Waals surface area contributed by atoms with Crippen LogP contribution in [0.1, 0.15) is 16.7 Å². The number of aliphatic hydroxyl groups is 2. The van der Waals surface area contributed by atoms with Crippen LogP contribution in [-0.4, -0.2) is 41.6 Å². The van der Waals surface area contributed by atoms with Gasteiger partial charge in [0.1, 0.15) is 0 Å². The molecule has 1 aromatic rings. The smallest absolute Gasteiger partial charge is 0.0976 e. The molecule has 3 atom stereocenters. The Morgan fingerprint density at radius 2 is 2.18 bits per heavy atom. The van der Waals surface area contributed by atoms with Gasteiger partial charge in [0.05, 0.1) is 12.2 Å². The fourth-order valence-corrected chi connectivity index (χ4v) is 2.96. The molecule has 4 nitrogen and oxygen atoms in total. The van der Waals surface area contributed by atoms with Crippen LogP contribution in [0, 0.1) is 0 Å². The molecule has 0 aliphatic carbocycles. The molecule has 4 N–H and O–H groups in total. The molecular formula is C12H20N2O2S. The third-order valence-electron chi connectivity index (χ3n) is 3.12. The quantitative estimate of drug-likeness (QED) is 0.603. The molecule has 0 aromatic carbocycles. The molecule has 0 saturated carbocycles. The first kappa shape index (κ1) is 13.0. The van der Waals surface area contributed by atoms with E-state index >= 15 is 0 Å². The fraction of sp³-hybridized carbons (Fsp3) is 0.667. The van der Waals surface area contributed by atoms with Crippen molar-refractivity contribution in [3.05, 3.63) is 21.9 Å². The number of aliphatic hydroxyl groups excluding tert-OH is 2. The average molecular weight is 256 g/mol. The third kappa shape index (κ3) is 3.26. The Hall–Kier alpha value is -0.460. The normalized spacial score (nSPS) is 28.8. The van der Waals surface area contributed by atoms with E-state index in [1.165, 1.54) is 9.75 Å².